The lowest BCUT2D eigenvalue weighted by atomic mass is 9.99. The van der Waals surface area contributed by atoms with E-state index >= 15 is 0 Å². The van der Waals surface area contributed by atoms with Crippen LogP contribution < -0.4 is 4.90 Å². The van der Waals surface area contributed by atoms with Gasteiger partial charge in [-0.1, -0.05) is 0 Å². The predicted octanol–water partition coefficient (Wildman–Crippen LogP) is 2.79. The third kappa shape index (κ3) is 2.46. The Morgan fingerprint density at radius 1 is 1.47 bits per heavy atom. The summed E-state index contributed by atoms with van der Waals surface area (Å²) in [4.78, 5) is 18.6. The summed E-state index contributed by atoms with van der Waals surface area (Å²) in [5, 5.41) is 9.04. The second-order valence-electron chi connectivity index (χ2n) is 4.64. The molecular formula is C14H14N2O2S. The summed E-state index contributed by atoms with van der Waals surface area (Å²) < 4.78 is 0. The fourth-order valence-electron chi connectivity index (χ4n) is 2.48. The van der Waals surface area contributed by atoms with Gasteiger partial charge in [-0.2, -0.15) is 0 Å². The largest absolute Gasteiger partial charge is 0.478 e. The number of carbonyl (C=O) groups is 1. The molecule has 0 spiro atoms. The lowest BCUT2D eigenvalue weighted by Gasteiger charge is -2.31. The standard InChI is InChI=1S/C14H14N2O2S/c17-14(18)11-3-4-13-10(6-11)2-1-5-16(13)8-12-7-15-9-19-12/h3-4,6-7,9H,1-2,5,8H2,(H,17,18). The van der Waals surface area contributed by atoms with Crippen LogP contribution in [0.4, 0.5) is 5.69 Å². The van der Waals surface area contributed by atoms with E-state index in [9.17, 15) is 4.79 Å². The number of carboxylic acid groups (broad SMARTS) is 1. The van der Waals surface area contributed by atoms with Crippen LogP contribution in [0, 0.1) is 0 Å². The van der Waals surface area contributed by atoms with Crippen molar-refractivity contribution in [2.45, 2.75) is 19.4 Å². The van der Waals surface area contributed by atoms with Gasteiger partial charge in [0.15, 0.2) is 0 Å². The Labute approximate surface area is 115 Å². The third-order valence-corrected chi connectivity index (χ3v) is 4.14. The van der Waals surface area contributed by atoms with Crippen LogP contribution in [0.1, 0.15) is 27.2 Å². The molecule has 0 radical (unpaired) electrons. The lowest BCUT2D eigenvalue weighted by Crippen LogP contribution is -2.28. The van der Waals surface area contributed by atoms with Gasteiger partial charge >= 0.3 is 5.97 Å². The molecule has 2 aromatic rings. The number of aromatic nitrogens is 1. The van der Waals surface area contributed by atoms with Crippen molar-refractivity contribution in [3.05, 3.63) is 45.9 Å². The maximum absolute atomic E-state index is 11.0. The summed E-state index contributed by atoms with van der Waals surface area (Å²) in [5.41, 5.74) is 4.51. The van der Waals surface area contributed by atoms with Crippen molar-refractivity contribution in [1.82, 2.24) is 4.98 Å². The minimum Gasteiger partial charge on any atom is -0.478 e. The summed E-state index contributed by atoms with van der Waals surface area (Å²) in [6.45, 7) is 1.86. The van der Waals surface area contributed by atoms with Crippen LogP contribution >= 0.6 is 11.3 Å². The molecular weight excluding hydrogens is 260 g/mol. The smallest absolute Gasteiger partial charge is 0.335 e. The van der Waals surface area contributed by atoms with Gasteiger partial charge in [0.05, 0.1) is 17.6 Å². The first-order valence-corrected chi connectivity index (χ1v) is 7.10. The van der Waals surface area contributed by atoms with Crippen LogP contribution in [0.3, 0.4) is 0 Å². The second-order valence-corrected chi connectivity index (χ2v) is 5.61. The molecule has 0 saturated heterocycles. The monoisotopic (exact) mass is 274 g/mol. The predicted molar refractivity (Wildman–Crippen MR) is 74.9 cm³/mol. The van der Waals surface area contributed by atoms with Gasteiger partial charge in [0, 0.05) is 23.3 Å². The Bertz CT molecular complexity index is 595. The summed E-state index contributed by atoms with van der Waals surface area (Å²) in [5.74, 6) is -0.859. The zero-order valence-corrected chi connectivity index (χ0v) is 11.2. The summed E-state index contributed by atoms with van der Waals surface area (Å²) in [6, 6.07) is 5.42. The second kappa shape index (κ2) is 5.01. The Kier molecular flexibility index (Phi) is 3.21. The van der Waals surface area contributed by atoms with Crippen LogP contribution in [0.25, 0.3) is 0 Å². The van der Waals surface area contributed by atoms with E-state index in [1.807, 2.05) is 17.8 Å². The first kappa shape index (κ1) is 12.2. The van der Waals surface area contributed by atoms with Crippen molar-refractivity contribution in [1.29, 1.82) is 0 Å². The number of rotatable bonds is 3. The summed E-state index contributed by atoms with van der Waals surface area (Å²) >= 11 is 1.65. The van der Waals surface area contributed by atoms with Gasteiger partial charge in [-0.05, 0) is 36.6 Å². The molecule has 3 rings (SSSR count). The van der Waals surface area contributed by atoms with Gasteiger partial charge in [-0.3, -0.25) is 4.98 Å². The van der Waals surface area contributed by atoms with Gasteiger partial charge in [-0.25, -0.2) is 4.79 Å². The molecule has 0 fully saturated rings. The van der Waals surface area contributed by atoms with Crippen LogP contribution in [-0.4, -0.2) is 22.6 Å². The molecule has 1 aromatic carbocycles. The molecule has 0 amide bonds. The van der Waals surface area contributed by atoms with Crippen LogP contribution in [0.2, 0.25) is 0 Å². The molecule has 1 aromatic heterocycles. The maximum atomic E-state index is 11.0. The zero-order valence-electron chi connectivity index (χ0n) is 10.4. The van der Waals surface area contributed by atoms with Crippen LogP contribution in [0.5, 0.6) is 0 Å². The number of hydrogen-bond acceptors (Lipinski definition) is 4. The van der Waals surface area contributed by atoms with Crippen molar-refractivity contribution < 1.29 is 9.90 Å². The summed E-state index contributed by atoms with van der Waals surface area (Å²) in [7, 11) is 0. The molecule has 98 valence electrons. The van der Waals surface area contributed by atoms with E-state index in [0.717, 1.165) is 37.2 Å². The number of anilines is 1. The minimum absolute atomic E-state index is 0.374. The summed E-state index contributed by atoms with van der Waals surface area (Å²) in [6.07, 6.45) is 3.91. The molecule has 0 atom stereocenters. The molecule has 0 bridgehead atoms. The van der Waals surface area contributed by atoms with Gasteiger partial charge in [0.1, 0.15) is 0 Å². The first-order valence-electron chi connectivity index (χ1n) is 6.22. The molecule has 0 saturated carbocycles. The minimum atomic E-state index is -0.859. The van der Waals surface area contributed by atoms with E-state index in [0.29, 0.717) is 5.56 Å². The highest BCUT2D eigenvalue weighted by Gasteiger charge is 2.18. The number of nitrogens with zero attached hydrogens (tertiary/aromatic N) is 2. The van der Waals surface area contributed by atoms with Crippen molar-refractivity contribution >= 4 is 23.0 Å². The molecule has 19 heavy (non-hydrogen) atoms. The molecule has 1 aliphatic heterocycles. The van der Waals surface area contributed by atoms with Crippen molar-refractivity contribution in [2.24, 2.45) is 0 Å². The van der Waals surface area contributed by atoms with Gasteiger partial charge in [-0.15, -0.1) is 11.3 Å². The Morgan fingerprint density at radius 3 is 3.11 bits per heavy atom. The lowest BCUT2D eigenvalue weighted by molar-refractivity contribution is 0.0697. The van der Waals surface area contributed by atoms with Crippen molar-refractivity contribution in [2.75, 3.05) is 11.4 Å². The number of thiazole rings is 1. The van der Waals surface area contributed by atoms with E-state index in [1.165, 1.54) is 4.88 Å². The van der Waals surface area contributed by atoms with Crippen molar-refractivity contribution in [3.63, 3.8) is 0 Å². The van der Waals surface area contributed by atoms with Crippen LogP contribution in [-0.2, 0) is 13.0 Å². The first-order chi connectivity index (χ1) is 9.24. The maximum Gasteiger partial charge on any atom is 0.335 e. The Morgan fingerprint density at radius 2 is 2.37 bits per heavy atom. The van der Waals surface area contributed by atoms with Crippen molar-refractivity contribution in [3.8, 4) is 0 Å². The quantitative estimate of drug-likeness (QED) is 0.935. The SMILES string of the molecule is O=C(O)c1ccc2c(c1)CCCN2Cc1cncs1. The van der Waals surface area contributed by atoms with E-state index in [2.05, 4.69) is 9.88 Å². The molecule has 1 N–H and O–H groups in total. The Balaban J connectivity index is 1.89. The highest BCUT2D eigenvalue weighted by atomic mass is 32.1. The highest BCUT2D eigenvalue weighted by Crippen LogP contribution is 2.29. The zero-order chi connectivity index (χ0) is 13.2. The molecule has 1 aliphatic rings. The van der Waals surface area contributed by atoms with E-state index in [-0.39, 0.29) is 0 Å². The third-order valence-electron chi connectivity index (χ3n) is 3.37. The fourth-order valence-corrected chi connectivity index (χ4v) is 3.09. The number of benzene rings is 1. The van der Waals surface area contributed by atoms with Gasteiger partial charge in [0.2, 0.25) is 0 Å². The van der Waals surface area contributed by atoms with E-state index in [4.69, 9.17) is 5.11 Å². The highest BCUT2D eigenvalue weighted by molar-refractivity contribution is 7.09. The molecule has 4 nitrogen and oxygen atoms in total. The Hall–Kier alpha value is -1.88. The normalized spacial score (nSPS) is 14.2. The van der Waals surface area contributed by atoms with Gasteiger partial charge < -0.3 is 10.0 Å². The molecule has 0 aliphatic carbocycles. The van der Waals surface area contributed by atoms with Crippen LogP contribution in [0.15, 0.2) is 29.9 Å². The number of hydrogen-bond donors (Lipinski definition) is 1. The number of carboxylic acids is 1. The average molecular weight is 274 g/mol. The molecule has 0 unspecified atom stereocenters. The average Bonchev–Trinajstić information content (AvgIpc) is 2.91. The number of aromatic carboxylic acids is 1. The van der Waals surface area contributed by atoms with E-state index < -0.39 is 5.97 Å². The topological polar surface area (TPSA) is 53.4 Å². The molecule has 2 heterocycles. The number of fused-ring (bicyclic) bond motifs is 1. The van der Waals surface area contributed by atoms with E-state index in [1.54, 1.807) is 23.5 Å². The molecule has 5 heteroatoms. The van der Waals surface area contributed by atoms with Gasteiger partial charge in [0.25, 0.3) is 0 Å². The fraction of sp³-hybridized carbons (Fsp3) is 0.286. The number of aryl methyl sites for hydroxylation is 1.